The molecule has 1 fully saturated rings. The number of esters is 1. The van der Waals surface area contributed by atoms with Crippen LogP contribution in [0.4, 0.5) is 0 Å². The predicted molar refractivity (Wildman–Crippen MR) is 35.6 cm³/mol. The molecule has 5 heteroatoms. The molecule has 1 saturated heterocycles. The van der Waals surface area contributed by atoms with Crippen LogP contribution in [0.15, 0.2) is 0 Å². The van der Waals surface area contributed by atoms with Gasteiger partial charge in [-0.1, -0.05) is 0 Å². The van der Waals surface area contributed by atoms with Crippen LogP contribution in [0.5, 0.6) is 0 Å². The number of hydrogen-bond donors (Lipinski definition) is 3. The largest absolute Gasteiger partial charge is 0.466 e. The molecule has 0 aromatic heterocycles. The Hall–Kier alpha value is -0.650. The van der Waals surface area contributed by atoms with E-state index in [4.69, 9.17) is 5.11 Å². The molecule has 1 rings (SSSR count). The maximum atomic E-state index is 10.8. The molecule has 0 aromatic carbocycles. The van der Waals surface area contributed by atoms with Crippen molar-refractivity contribution in [2.75, 3.05) is 13.7 Å². The van der Waals surface area contributed by atoms with Crippen molar-refractivity contribution in [1.29, 1.82) is 0 Å². The van der Waals surface area contributed by atoms with E-state index >= 15 is 0 Å². The Bertz CT molecular complexity index is 172. The minimum Gasteiger partial charge on any atom is -0.466 e. The predicted octanol–water partition coefficient (Wildman–Crippen LogP) is -1.80. The lowest BCUT2D eigenvalue weighted by molar-refractivity contribution is -0.164. The molecule has 0 amide bonds. The third-order valence-electron chi connectivity index (χ3n) is 1.68. The van der Waals surface area contributed by atoms with Crippen molar-refractivity contribution in [3.05, 3.63) is 0 Å². The molecule has 0 aromatic rings. The first-order valence-electron chi connectivity index (χ1n) is 3.32. The van der Waals surface area contributed by atoms with E-state index in [9.17, 15) is 9.90 Å². The first-order valence-corrected chi connectivity index (χ1v) is 3.32. The summed E-state index contributed by atoms with van der Waals surface area (Å²) in [7, 11) is 1.19. The molecule has 0 radical (unpaired) electrons. The fourth-order valence-electron chi connectivity index (χ4n) is 1.10. The SMILES string of the molecule is COC(=O)[C@@]1(O)C[C@H](O)CN1. The van der Waals surface area contributed by atoms with Gasteiger partial charge in [0.2, 0.25) is 5.72 Å². The van der Waals surface area contributed by atoms with Gasteiger partial charge in [-0.3, -0.25) is 5.32 Å². The van der Waals surface area contributed by atoms with Crippen LogP contribution in [-0.4, -0.2) is 41.7 Å². The molecular formula is C6H11NO4. The highest BCUT2D eigenvalue weighted by Crippen LogP contribution is 2.17. The van der Waals surface area contributed by atoms with Gasteiger partial charge in [0, 0.05) is 13.0 Å². The van der Waals surface area contributed by atoms with Crippen molar-refractivity contribution in [1.82, 2.24) is 5.32 Å². The molecule has 11 heavy (non-hydrogen) atoms. The second kappa shape index (κ2) is 2.77. The first kappa shape index (κ1) is 8.45. The number of ether oxygens (including phenoxy) is 1. The molecule has 3 N–H and O–H groups in total. The summed E-state index contributed by atoms with van der Waals surface area (Å²) in [6.45, 7) is 0.214. The smallest absolute Gasteiger partial charge is 0.353 e. The molecular weight excluding hydrogens is 150 g/mol. The number of aliphatic hydroxyl groups excluding tert-OH is 1. The second-order valence-corrected chi connectivity index (χ2v) is 2.59. The second-order valence-electron chi connectivity index (χ2n) is 2.59. The van der Waals surface area contributed by atoms with Crippen LogP contribution in [-0.2, 0) is 9.53 Å². The lowest BCUT2D eigenvalue weighted by Gasteiger charge is -2.18. The van der Waals surface area contributed by atoms with Crippen LogP contribution < -0.4 is 5.32 Å². The Morgan fingerprint density at radius 2 is 2.45 bits per heavy atom. The van der Waals surface area contributed by atoms with E-state index in [1.807, 2.05) is 0 Å². The number of carbonyl (C=O) groups excluding carboxylic acids is 1. The highest BCUT2D eigenvalue weighted by molar-refractivity contribution is 5.79. The van der Waals surface area contributed by atoms with E-state index in [1.165, 1.54) is 7.11 Å². The summed E-state index contributed by atoms with van der Waals surface area (Å²) in [6.07, 6.45) is -0.696. The monoisotopic (exact) mass is 161 g/mol. The standard InChI is InChI=1S/C6H11NO4/c1-11-5(9)6(10)2-4(8)3-7-6/h4,7-8,10H,2-3H2,1H3/t4-,6-/m0/s1. The zero-order valence-electron chi connectivity index (χ0n) is 6.20. The Labute approximate surface area is 64.0 Å². The number of rotatable bonds is 1. The van der Waals surface area contributed by atoms with E-state index in [0.717, 1.165) is 0 Å². The third-order valence-corrected chi connectivity index (χ3v) is 1.68. The van der Waals surface area contributed by atoms with Gasteiger partial charge in [0.1, 0.15) is 0 Å². The number of methoxy groups -OCH3 is 1. The molecule has 0 unspecified atom stereocenters. The molecule has 1 aliphatic rings. The summed E-state index contributed by atoms with van der Waals surface area (Å²) in [6, 6.07) is 0. The topological polar surface area (TPSA) is 78.8 Å². The summed E-state index contributed by atoms with van der Waals surface area (Å²) >= 11 is 0. The molecule has 1 aliphatic heterocycles. The molecule has 0 bridgehead atoms. The van der Waals surface area contributed by atoms with E-state index in [0.29, 0.717) is 0 Å². The summed E-state index contributed by atoms with van der Waals surface area (Å²) in [5.74, 6) is -0.756. The normalized spacial score (nSPS) is 37.2. The van der Waals surface area contributed by atoms with Gasteiger partial charge >= 0.3 is 5.97 Å². The summed E-state index contributed by atoms with van der Waals surface area (Å²) in [5.41, 5.74) is -1.69. The average molecular weight is 161 g/mol. The van der Waals surface area contributed by atoms with Crippen LogP contribution in [0.1, 0.15) is 6.42 Å². The molecule has 0 aliphatic carbocycles. The lowest BCUT2D eigenvalue weighted by Crippen LogP contribution is -2.48. The highest BCUT2D eigenvalue weighted by atomic mass is 16.5. The van der Waals surface area contributed by atoms with Crippen LogP contribution >= 0.6 is 0 Å². The molecule has 2 atom stereocenters. The lowest BCUT2D eigenvalue weighted by atomic mass is 10.1. The van der Waals surface area contributed by atoms with Crippen molar-refractivity contribution in [3.63, 3.8) is 0 Å². The van der Waals surface area contributed by atoms with Crippen LogP contribution in [0, 0.1) is 0 Å². The Kier molecular flexibility index (Phi) is 2.12. The van der Waals surface area contributed by atoms with E-state index in [-0.39, 0.29) is 13.0 Å². The number of aliphatic hydroxyl groups is 2. The maximum Gasteiger partial charge on any atom is 0.353 e. The average Bonchev–Trinajstić information content (AvgIpc) is 2.31. The quantitative estimate of drug-likeness (QED) is 0.395. The minimum atomic E-state index is -1.69. The third kappa shape index (κ3) is 1.50. The number of carbonyl (C=O) groups is 1. The number of nitrogens with one attached hydrogen (secondary N) is 1. The van der Waals surface area contributed by atoms with Crippen LogP contribution in [0.2, 0.25) is 0 Å². The Morgan fingerprint density at radius 3 is 2.82 bits per heavy atom. The van der Waals surface area contributed by atoms with E-state index in [2.05, 4.69) is 10.1 Å². The summed E-state index contributed by atoms with van der Waals surface area (Å²) in [5, 5.41) is 20.8. The summed E-state index contributed by atoms with van der Waals surface area (Å²) < 4.78 is 4.32. The van der Waals surface area contributed by atoms with Crippen LogP contribution in [0.3, 0.4) is 0 Å². The Balaban J connectivity index is 2.61. The Morgan fingerprint density at radius 1 is 1.82 bits per heavy atom. The van der Waals surface area contributed by atoms with E-state index in [1.54, 1.807) is 0 Å². The van der Waals surface area contributed by atoms with Gasteiger partial charge in [0.25, 0.3) is 0 Å². The van der Waals surface area contributed by atoms with Gasteiger partial charge in [-0.15, -0.1) is 0 Å². The van der Waals surface area contributed by atoms with Crippen molar-refractivity contribution in [3.8, 4) is 0 Å². The van der Waals surface area contributed by atoms with Gasteiger partial charge in [0.15, 0.2) is 0 Å². The van der Waals surface area contributed by atoms with Gasteiger partial charge in [0.05, 0.1) is 13.2 Å². The fourth-order valence-corrected chi connectivity index (χ4v) is 1.10. The highest BCUT2D eigenvalue weighted by Gasteiger charge is 2.43. The van der Waals surface area contributed by atoms with Crippen molar-refractivity contribution in [2.45, 2.75) is 18.2 Å². The minimum absolute atomic E-state index is 0.0142. The first-order chi connectivity index (χ1) is 5.08. The van der Waals surface area contributed by atoms with Crippen LogP contribution in [0.25, 0.3) is 0 Å². The molecule has 0 spiro atoms. The fraction of sp³-hybridized carbons (Fsp3) is 0.833. The molecule has 1 heterocycles. The van der Waals surface area contributed by atoms with Gasteiger partial charge in [-0.25, -0.2) is 4.79 Å². The zero-order chi connectivity index (χ0) is 8.48. The van der Waals surface area contributed by atoms with Crippen molar-refractivity contribution >= 4 is 5.97 Å². The van der Waals surface area contributed by atoms with Gasteiger partial charge in [-0.2, -0.15) is 0 Å². The number of β-amino-alcohol motifs (C(OH)–C–C–N with tert-alkyl or cyclic N) is 1. The maximum absolute atomic E-state index is 10.8. The zero-order valence-corrected chi connectivity index (χ0v) is 6.20. The molecule has 64 valence electrons. The van der Waals surface area contributed by atoms with E-state index < -0.39 is 17.8 Å². The van der Waals surface area contributed by atoms with Crippen molar-refractivity contribution < 1.29 is 19.7 Å². The van der Waals surface area contributed by atoms with Crippen molar-refractivity contribution in [2.24, 2.45) is 0 Å². The van der Waals surface area contributed by atoms with Gasteiger partial charge in [-0.05, 0) is 0 Å². The summed E-state index contributed by atoms with van der Waals surface area (Å²) in [4.78, 5) is 10.8. The molecule has 5 nitrogen and oxygen atoms in total. The molecule has 0 saturated carbocycles. The number of hydrogen-bond acceptors (Lipinski definition) is 5. The van der Waals surface area contributed by atoms with Gasteiger partial charge < -0.3 is 14.9 Å².